The normalized spacial score (nSPS) is 20.1. The third-order valence-corrected chi connectivity index (χ3v) is 2.49. The van der Waals surface area contributed by atoms with Crippen LogP contribution in [0.4, 0.5) is 19.0 Å². The van der Waals surface area contributed by atoms with Gasteiger partial charge in [0.25, 0.3) is 5.56 Å². The van der Waals surface area contributed by atoms with Crippen LogP contribution >= 0.6 is 0 Å². The van der Waals surface area contributed by atoms with E-state index < -0.39 is 17.6 Å². The second-order valence-corrected chi connectivity index (χ2v) is 3.82. The van der Waals surface area contributed by atoms with Gasteiger partial charge in [0, 0.05) is 6.04 Å². The molecule has 0 saturated carbocycles. The number of nitrogens with one attached hydrogen (secondary N) is 2. The minimum Gasteiger partial charge on any atom is -0.367 e. The molecule has 0 aromatic carbocycles. The fraction of sp³-hybridized carbons (Fsp3) is 0.556. The Kier molecular flexibility index (Phi) is 2.40. The average Bonchev–Trinajstić information content (AvgIpc) is 2.15. The third-order valence-electron chi connectivity index (χ3n) is 2.49. The van der Waals surface area contributed by atoms with Crippen LogP contribution in [0.5, 0.6) is 0 Å². The van der Waals surface area contributed by atoms with Gasteiger partial charge >= 0.3 is 6.18 Å². The lowest BCUT2D eigenvalue weighted by Crippen LogP contribution is -2.31. The predicted molar refractivity (Wildman–Crippen MR) is 51.3 cm³/mol. The summed E-state index contributed by atoms with van der Waals surface area (Å²) in [7, 11) is 0. The molecule has 88 valence electrons. The highest BCUT2D eigenvalue weighted by Gasteiger charge is 2.35. The molecule has 0 radical (unpaired) electrons. The first kappa shape index (κ1) is 11.0. The Bertz CT molecular complexity index is 466. The number of aromatic amines is 1. The molecule has 2 heterocycles. The largest absolute Gasteiger partial charge is 0.449 e. The number of hydrogen-bond donors (Lipinski definition) is 2. The number of fused-ring (bicyclic) bond motifs is 1. The summed E-state index contributed by atoms with van der Waals surface area (Å²) in [6.07, 6.45) is -3.47. The molecular formula is C9H10F3N3O. The second kappa shape index (κ2) is 3.50. The average molecular weight is 233 g/mol. The zero-order valence-corrected chi connectivity index (χ0v) is 8.48. The summed E-state index contributed by atoms with van der Waals surface area (Å²) in [4.78, 5) is 16.6. The number of alkyl halides is 3. The van der Waals surface area contributed by atoms with Crippen LogP contribution in [0, 0.1) is 0 Å². The van der Waals surface area contributed by atoms with Crippen LogP contribution in [0.2, 0.25) is 0 Å². The molecular weight excluding hydrogens is 223 g/mol. The predicted octanol–water partition coefficient (Wildman–Crippen LogP) is 1.54. The second-order valence-electron chi connectivity index (χ2n) is 3.82. The quantitative estimate of drug-likeness (QED) is 0.714. The standard InChI is InChI=1S/C9H10F3N3O/c1-4-2-3-5-6(13-4)14-8(9(10,11)12)15-7(5)16/h4H,2-3H2,1H3,(H2,13,14,15,16)/t4-/m1/s1. The van der Waals surface area contributed by atoms with Gasteiger partial charge in [-0.2, -0.15) is 13.2 Å². The Balaban J connectivity index is 2.52. The first-order valence-electron chi connectivity index (χ1n) is 4.85. The van der Waals surface area contributed by atoms with Crippen LogP contribution in [0.3, 0.4) is 0 Å². The highest BCUT2D eigenvalue weighted by atomic mass is 19.4. The minimum atomic E-state index is -4.63. The molecule has 1 aromatic rings. The van der Waals surface area contributed by atoms with Gasteiger partial charge < -0.3 is 10.3 Å². The summed E-state index contributed by atoms with van der Waals surface area (Å²) in [5.41, 5.74) is -0.414. The van der Waals surface area contributed by atoms with E-state index in [1.165, 1.54) is 0 Å². The molecule has 1 aliphatic rings. The van der Waals surface area contributed by atoms with Crippen LogP contribution < -0.4 is 10.9 Å². The molecule has 0 amide bonds. The maximum absolute atomic E-state index is 12.4. The lowest BCUT2D eigenvalue weighted by molar-refractivity contribution is -0.145. The van der Waals surface area contributed by atoms with Crippen molar-refractivity contribution >= 4 is 5.82 Å². The zero-order chi connectivity index (χ0) is 11.9. The number of H-pyrrole nitrogens is 1. The van der Waals surface area contributed by atoms with Gasteiger partial charge in [0.2, 0.25) is 5.82 Å². The van der Waals surface area contributed by atoms with Gasteiger partial charge in [0.1, 0.15) is 5.82 Å². The molecule has 0 fully saturated rings. The summed E-state index contributed by atoms with van der Waals surface area (Å²) in [5, 5.41) is 2.78. The van der Waals surface area contributed by atoms with Crippen LogP contribution in [0.15, 0.2) is 4.79 Å². The molecule has 0 bridgehead atoms. The summed E-state index contributed by atoms with van der Waals surface area (Å²) >= 11 is 0. The molecule has 1 aromatic heterocycles. The molecule has 1 aliphatic heterocycles. The van der Waals surface area contributed by atoms with Crippen LogP contribution in [-0.4, -0.2) is 16.0 Å². The maximum atomic E-state index is 12.4. The van der Waals surface area contributed by atoms with Crippen molar-refractivity contribution in [3.8, 4) is 0 Å². The van der Waals surface area contributed by atoms with E-state index in [4.69, 9.17) is 0 Å². The molecule has 2 rings (SSSR count). The molecule has 4 nitrogen and oxygen atoms in total. The van der Waals surface area contributed by atoms with Gasteiger partial charge in [-0.15, -0.1) is 0 Å². The Morgan fingerprint density at radius 1 is 1.44 bits per heavy atom. The molecule has 0 aliphatic carbocycles. The van der Waals surface area contributed by atoms with Crippen molar-refractivity contribution in [3.05, 3.63) is 21.7 Å². The van der Waals surface area contributed by atoms with Crippen molar-refractivity contribution in [2.75, 3.05) is 5.32 Å². The van der Waals surface area contributed by atoms with E-state index in [1.807, 2.05) is 6.92 Å². The smallest absolute Gasteiger partial charge is 0.367 e. The fourth-order valence-corrected chi connectivity index (χ4v) is 1.65. The molecule has 2 N–H and O–H groups in total. The Labute approximate surface area is 88.9 Å². The van der Waals surface area contributed by atoms with Crippen LogP contribution in [0.25, 0.3) is 0 Å². The lowest BCUT2D eigenvalue weighted by atomic mass is 10.0. The van der Waals surface area contributed by atoms with Crippen molar-refractivity contribution in [1.82, 2.24) is 9.97 Å². The van der Waals surface area contributed by atoms with E-state index in [2.05, 4.69) is 10.3 Å². The molecule has 1 atom stereocenters. The van der Waals surface area contributed by atoms with Gasteiger partial charge in [0.05, 0.1) is 5.56 Å². The Morgan fingerprint density at radius 2 is 2.12 bits per heavy atom. The zero-order valence-electron chi connectivity index (χ0n) is 8.48. The topological polar surface area (TPSA) is 57.8 Å². The molecule has 16 heavy (non-hydrogen) atoms. The van der Waals surface area contributed by atoms with E-state index in [0.717, 1.165) is 0 Å². The van der Waals surface area contributed by atoms with E-state index in [0.29, 0.717) is 18.4 Å². The minimum absolute atomic E-state index is 0.0304. The van der Waals surface area contributed by atoms with Gasteiger partial charge in [-0.05, 0) is 19.8 Å². The SMILES string of the molecule is C[C@@H]1CCc2c(nc(C(F)(F)F)[nH]c2=O)N1. The van der Waals surface area contributed by atoms with E-state index >= 15 is 0 Å². The van der Waals surface area contributed by atoms with Crippen molar-refractivity contribution in [2.24, 2.45) is 0 Å². The molecule has 0 unspecified atom stereocenters. The number of hydrogen-bond acceptors (Lipinski definition) is 3. The van der Waals surface area contributed by atoms with E-state index in [-0.39, 0.29) is 11.9 Å². The summed E-state index contributed by atoms with van der Waals surface area (Å²) in [6, 6.07) is 0.0304. The van der Waals surface area contributed by atoms with Crippen molar-refractivity contribution in [1.29, 1.82) is 0 Å². The van der Waals surface area contributed by atoms with Gasteiger partial charge in [-0.3, -0.25) is 4.79 Å². The summed E-state index contributed by atoms with van der Waals surface area (Å²) in [5.74, 6) is -1.20. The number of rotatable bonds is 0. The van der Waals surface area contributed by atoms with Crippen LogP contribution in [-0.2, 0) is 12.6 Å². The van der Waals surface area contributed by atoms with Crippen molar-refractivity contribution in [3.63, 3.8) is 0 Å². The first-order chi connectivity index (χ1) is 7.38. The highest BCUT2D eigenvalue weighted by Crippen LogP contribution is 2.28. The van der Waals surface area contributed by atoms with Gasteiger partial charge in [-0.25, -0.2) is 4.98 Å². The number of nitrogens with zero attached hydrogens (tertiary/aromatic N) is 1. The Hall–Kier alpha value is -1.53. The summed E-state index contributed by atoms with van der Waals surface area (Å²) < 4.78 is 37.1. The molecule has 0 spiro atoms. The highest BCUT2D eigenvalue weighted by molar-refractivity contribution is 5.46. The summed E-state index contributed by atoms with van der Waals surface area (Å²) in [6.45, 7) is 1.83. The molecule has 7 heteroatoms. The first-order valence-corrected chi connectivity index (χ1v) is 4.85. The van der Waals surface area contributed by atoms with Gasteiger partial charge in [0.15, 0.2) is 0 Å². The van der Waals surface area contributed by atoms with E-state index in [1.54, 1.807) is 4.98 Å². The van der Waals surface area contributed by atoms with Crippen molar-refractivity contribution in [2.45, 2.75) is 32.0 Å². The molecule has 0 saturated heterocycles. The Morgan fingerprint density at radius 3 is 2.75 bits per heavy atom. The monoisotopic (exact) mass is 233 g/mol. The fourth-order valence-electron chi connectivity index (χ4n) is 1.65. The van der Waals surface area contributed by atoms with Gasteiger partial charge in [-0.1, -0.05) is 0 Å². The number of aromatic nitrogens is 2. The van der Waals surface area contributed by atoms with E-state index in [9.17, 15) is 18.0 Å². The number of halogens is 3. The third kappa shape index (κ3) is 1.89. The maximum Gasteiger partial charge on any atom is 0.449 e. The lowest BCUT2D eigenvalue weighted by Gasteiger charge is -2.22. The number of anilines is 1. The van der Waals surface area contributed by atoms with Crippen LogP contribution in [0.1, 0.15) is 24.7 Å². The van der Waals surface area contributed by atoms with Crippen molar-refractivity contribution < 1.29 is 13.2 Å².